The average Bonchev–Trinajstić information content (AvgIpc) is 2.41. The van der Waals surface area contributed by atoms with Gasteiger partial charge in [-0.05, 0) is 49.6 Å². The van der Waals surface area contributed by atoms with Crippen LogP contribution in [0.5, 0.6) is 0 Å². The predicted octanol–water partition coefficient (Wildman–Crippen LogP) is 4.51. The second-order valence-corrected chi connectivity index (χ2v) is 4.91. The molecule has 0 bridgehead atoms. The molecule has 0 spiro atoms. The molecule has 0 N–H and O–H groups in total. The Labute approximate surface area is 114 Å². The summed E-state index contributed by atoms with van der Waals surface area (Å²) in [6.45, 7) is 6.12. The molecule has 0 aromatic heterocycles. The zero-order chi connectivity index (χ0) is 13.8. The minimum absolute atomic E-state index is 0.0451. The van der Waals surface area contributed by atoms with E-state index in [4.69, 9.17) is 0 Å². The van der Waals surface area contributed by atoms with Gasteiger partial charge in [0.25, 0.3) is 0 Å². The molecule has 0 fully saturated rings. The summed E-state index contributed by atoms with van der Waals surface area (Å²) in [5.41, 5.74) is 5.36. The van der Waals surface area contributed by atoms with E-state index in [1.54, 1.807) is 6.08 Å². The van der Waals surface area contributed by atoms with Crippen molar-refractivity contribution in [2.75, 3.05) is 0 Å². The van der Waals surface area contributed by atoms with E-state index in [2.05, 4.69) is 0 Å². The van der Waals surface area contributed by atoms with Gasteiger partial charge < -0.3 is 0 Å². The molecule has 0 amide bonds. The highest BCUT2D eigenvalue weighted by atomic mass is 16.1. The summed E-state index contributed by atoms with van der Waals surface area (Å²) in [5.74, 6) is 0.0451. The van der Waals surface area contributed by atoms with E-state index in [0.29, 0.717) is 0 Å². The van der Waals surface area contributed by atoms with Crippen molar-refractivity contribution in [2.24, 2.45) is 0 Å². The molecular weight excluding hydrogens is 232 g/mol. The van der Waals surface area contributed by atoms with Crippen molar-refractivity contribution in [1.82, 2.24) is 0 Å². The van der Waals surface area contributed by atoms with Crippen molar-refractivity contribution in [3.05, 3.63) is 76.4 Å². The molecule has 0 atom stereocenters. The zero-order valence-corrected chi connectivity index (χ0v) is 11.6. The summed E-state index contributed by atoms with van der Waals surface area (Å²) in [7, 11) is 0. The van der Waals surface area contributed by atoms with E-state index in [1.165, 1.54) is 11.1 Å². The maximum Gasteiger partial charge on any atom is 0.185 e. The van der Waals surface area contributed by atoms with Gasteiger partial charge in [0.1, 0.15) is 0 Å². The third-order valence-electron chi connectivity index (χ3n) is 3.30. The van der Waals surface area contributed by atoms with Crippen molar-refractivity contribution < 1.29 is 4.79 Å². The van der Waals surface area contributed by atoms with Crippen LogP contribution in [0.3, 0.4) is 0 Å². The van der Waals surface area contributed by atoms with Crippen LogP contribution in [0.25, 0.3) is 6.08 Å². The molecule has 0 heterocycles. The first-order valence-corrected chi connectivity index (χ1v) is 6.42. The molecule has 2 aromatic rings. The Hall–Kier alpha value is -2.15. The Bertz CT molecular complexity index is 619. The fraction of sp³-hybridized carbons (Fsp3) is 0.167. The van der Waals surface area contributed by atoms with Gasteiger partial charge in [0.05, 0.1) is 0 Å². The van der Waals surface area contributed by atoms with Gasteiger partial charge in [0, 0.05) is 5.56 Å². The summed E-state index contributed by atoms with van der Waals surface area (Å²) in [5, 5.41) is 0. The highest BCUT2D eigenvalue weighted by Gasteiger charge is 2.02. The van der Waals surface area contributed by atoms with Crippen LogP contribution in [0.4, 0.5) is 0 Å². The van der Waals surface area contributed by atoms with E-state index in [-0.39, 0.29) is 5.78 Å². The van der Waals surface area contributed by atoms with Crippen molar-refractivity contribution in [3.63, 3.8) is 0 Å². The largest absolute Gasteiger partial charge is 0.289 e. The lowest BCUT2D eigenvalue weighted by Crippen LogP contribution is -1.95. The summed E-state index contributed by atoms with van der Waals surface area (Å²) < 4.78 is 0. The topological polar surface area (TPSA) is 17.1 Å². The Balaban J connectivity index is 2.16. The molecule has 2 rings (SSSR count). The number of aryl methyl sites for hydroxylation is 3. The van der Waals surface area contributed by atoms with Gasteiger partial charge in [-0.1, -0.05) is 48.0 Å². The highest BCUT2D eigenvalue weighted by molar-refractivity contribution is 6.06. The van der Waals surface area contributed by atoms with E-state index in [0.717, 1.165) is 16.7 Å². The van der Waals surface area contributed by atoms with Crippen LogP contribution in [0.2, 0.25) is 0 Å². The van der Waals surface area contributed by atoms with Gasteiger partial charge in [-0.3, -0.25) is 4.79 Å². The van der Waals surface area contributed by atoms with Gasteiger partial charge in [-0.25, -0.2) is 0 Å². The zero-order valence-electron chi connectivity index (χ0n) is 11.6. The van der Waals surface area contributed by atoms with Gasteiger partial charge in [0.2, 0.25) is 0 Å². The molecule has 0 saturated carbocycles. The van der Waals surface area contributed by atoms with Gasteiger partial charge in [0.15, 0.2) is 5.78 Å². The maximum absolute atomic E-state index is 12.1. The van der Waals surface area contributed by atoms with Crippen LogP contribution in [0, 0.1) is 20.8 Å². The highest BCUT2D eigenvalue weighted by Crippen LogP contribution is 2.12. The molecule has 0 radical (unpaired) electrons. The van der Waals surface area contributed by atoms with Crippen LogP contribution in [-0.2, 0) is 0 Å². The van der Waals surface area contributed by atoms with E-state index >= 15 is 0 Å². The SMILES string of the molecule is Cc1ccc(/C=C/C(=O)c2ccc(C)c(C)c2)cc1. The number of ketones is 1. The van der Waals surface area contributed by atoms with Crippen molar-refractivity contribution >= 4 is 11.9 Å². The molecule has 0 unspecified atom stereocenters. The number of rotatable bonds is 3. The van der Waals surface area contributed by atoms with E-state index in [1.807, 2.05) is 69.3 Å². The molecule has 1 heteroatoms. The van der Waals surface area contributed by atoms with Crippen LogP contribution in [0.1, 0.15) is 32.6 Å². The number of allylic oxidation sites excluding steroid dienone is 1. The molecule has 96 valence electrons. The summed E-state index contributed by atoms with van der Waals surface area (Å²) in [4.78, 5) is 12.1. The second-order valence-electron chi connectivity index (χ2n) is 4.91. The van der Waals surface area contributed by atoms with Gasteiger partial charge >= 0.3 is 0 Å². The molecule has 2 aromatic carbocycles. The molecule has 0 aliphatic rings. The first kappa shape index (κ1) is 13.3. The van der Waals surface area contributed by atoms with Crippen molar-refractivity contribution in [2.45, 2.75) is 20.8 Å². The minimum atomic E-state index is 0.0451. The predicted molar refractivity (Wildman–Crippen MR) is 80.5 cm³/mol. The lowest BCUT2D eigenvalue weighted by molar-refractivity contribution is 0.104. The fourth-order valence-electron chi connectivity index (χ4n) is 1.84. The summed E-state index contributed by atoms with van der Waals surface area (Å²) >= 11 is 0. The Morgan fingerprint density at radius 1 is 0.895 bits per heavy atom. The number of hydrogen-bond acceptors (Lipinski definition) is 1. The third-order valence-corrected chi connectivity index (χ3v) is 3.30. The standard InChI is InChI=1S/C18H18O/c1-13-4-7-16(8-5-13)9-11-18(19)17-10-6-14(2)15(3)12-17/h4-12H,1-3H3/b11-9+. The molecule has 1 nitrogen and oxygen atoms in total. The number of benzene rings is 2. The average molecular weight is 250 g/mol. The minimum Gasteiger partial charge on any atom is -0.289 e. The lowest BCUT2D eigenvalue weighted by Gasteiger charge is -2.02. The Morgan fingerprint density at radius 2 is 1.58 bits per heavy atom. The number of carbonyl (C=O) groups excluding carboxylic acids is 1. The van der Waals surface area contributed by atoms with E-state index in [9.17, 15) is 4.79 Å². The van der Waals surface area contributed by atoms with Gasteiger partial charge in [-0.15, -0.1) is 0 Å². The van der Waals surface area contributed by atoms with E-state index < -0.39 is 0 Å². The van der Waals surface area contributed by atoms with Crippen molar-refractivity contribution in [3.8, 4) is 0 Å². The maximum atomic E-state index is 12.1. The monoisotopic (exact) mass is 250 g/mol. The number of hydrogen-bond donors (Lipinski definition) is 0. The second kappa shape index (κ2) is 5.66. The first-order valence-electron chi connectivity index (χ1n) is 6.42. The first-order chi connectivity index (χ1) is 9.06. The lowest BCUT2D eigenvalue weighted by atomic mass is 10.0. The summed E-state index contributed by atoms with van der Waals surface area (Å²) in [6.07, 6.45) is 3.49. The molecule has 0 aliphatic carbocycles. The van der Waals surface area contributed by atoms with Crippen LogP contribution in [-0.4, -0.2) is 5.78 Å². The smallest absolute Gasteiger partial charge is 0.185 e. The third kappa shape index (κ3) is 3.41. The Morgan fingerprint density at radius 3 is 2.21 bits per heavy atom. The number of carbonyl (C=O) groups is 1. The normalized spacial score (nSPS) is 10.9. The molecule has 19 heavy (non-hydrogen) atoms. The summed E-state index contributed by atoms with van der Waals surface area (Å²) in [6, 6.07) is 13.9. The quantitative estimate of drug-likeness (QED) is 0.578. The van der Waals surface area contributed by atoms with Crippen molar-refractivity contribution in [1.29, 1.82) is 0 Å². The van der Waals surface area contributed by atoms with Crippen LogP contribution < -0.4 is 0 Å². The molecular formula is C18H18O. The van der Waals surface area contributed by atoms with Crippen LogP contribution >= 0.6 is 0 Å². The fourth-order valence-corrected chi connectivity index (χ4v) is 1.84. The Kier molecular flexibility index (Phi) is 3.96. The van der Waals surface area contributed by atoms with Gasteiger partial charge in [-0.2, -0.15) is 0 Å². The molecule has 0 saturated heterocycles. The molecule has 0 aliphatic heterocycles. The van der Waals surface area contributed by atoms with Crippen LogP contribution in [0.15, 0.2) is 48.5 Å².